The number of nitrogens with zero attached hydrogens (tertiary/aromatic N) is 1. The number of anilines is 1. The third-order valence-electron chi connectivity index (χ3n) is 6.01. The standard InChI is InChI=1S/C23H26N2O4/c1-14-10-11-25-18(12-14)21(16-6-4-5-7-17(16)23(25)27)22(26)24-15-8-9-19(28-2)20(13-15)29-3/h4-9,13-14,18,21H,10-12H2,1-3H3,(H,24,26)/t14-,18-,21+/m0/s1. The van der Waals surface area contributed by atoms with Crippen molar-refractivity contribution in [2.45, 2.75) is 31.7 Å². The molecule has 3 atom stereocenters. The summed E-state index contributed by atoms with van der Waals surface area (Å²) in [7, 11) is 3.14. The van der Waals surface area contributed by atoms with E-state index in [1.165, 1.54) is 0 Å². The van der Waals surface area contributed by atoms with Crippen LogP contribution < -0.4 is 14.8 Å². The highest BCUT2D eigenvalue weighted by atomic mass is 16.5. The number of hydrogen-bond donors (Lipinski definition) is 1. The molecule has 0 radical (unpaired) electrons. The molecule has 0 bridgehead atoms. The molecule has 1 fully saturated rings. The zero-order chi connectivity index (χ0) is 20.5. The highest BCUT2D eigenvalue weighted by molar-refractivity contribution is 6.04. The second-order valence-corrected chi connectivity index (χ2v) is 7.82. The average molecular weight is 394 g/mol. The summed E-state index contributed by atoms with van der Waals surface area (Å²) in [6, 6.07) is 12.7. The van der Waals surface area contributed by atoms with Crippen LogP contribution in [0.2, 0.25) is 0 Å². The number of hydrogen-bond acceptors (Lipinski definition) is 4. The minimum Gasteiger partial charge on any atom is -0.493 e. The highest BCUT2D eigenvalue weighted by Crippen LogP contribution is 2.40. The van der Waals surface area contributed by atoms with Gasteiger partial charge in [0.25, 0.3) is 5.91 Å². The molecular weight excluding hydrogens is 368 g/mol. The number of amides is 2. The predicted molar refractivity (Wildman–Crippen MR) is 111 cm³/mol. The smallest absolute Gasteiger partial charge is 0.254 e. The van der Waals surface area contributed by atoms with Crippen molar-refractivity contribution in [3.05, 3.63) is 53.6 Å². The third kappa shape index (κ3) is 3.43. The molecule has 152 valence electrons. The van der Waals surface area contributed by atoms with Crippen molar-refractivity contribution in [2.75, 3.05) is 26.1 Å². The number of rotatable bonds is 4. The van der Waals surface area contributed by atoms with E-state index in [0.29, 0.717) is 35.2 Å². The molecule has 2 aliphatic heterocycles. The van der Waals surface area contributed by atoms with E-state index in [2.05, 4.69) is 12.2 Å². The summed E-state index contributed by atoms with van der Waals surface area (Å²) >= 11 is 0. The van der Waals surface area contributed by atoms with Crippen LogP contribution >= 0.6 is 0 Å². The maximum absolute atomic E-state index is 13.4. The summed E-state index contributed by atoms with van der Waals surface area (Å²) in [5, 5.41) is 3.03. The van der Waals surface area contributed by atoms with Crippen LogP contribution in [0.15, 0.2) is 42.5 Å². The molecule has 1 saturated heterocycles. The second kappa shape index (κ2) is 7.78. The molecule has 0 spiro atoms. The van der Waals surface area contributed by atoms with Gasteiger partial charge in [-0.25, -0.2) is 0 Å². The van der Waals surface area contributed by atoms with Gasteiger partial charge in [0, 0.05) is 29.9 Å². The van der Waals surface area contributed by atoms with Gasteiger partial charge < -0.3 is 19.7 Å². The lowest BCUT2D eigenvalue weighted by Crippen LogP contribution is -2.54. The van der Waals surface area contributed by atoms with Crippen LogP contribution in [0.3, 0.4) is 0 Å². The molecule has 1 N–H and O–H groups in total. The Hall–Kier alpha value is -3.02. The molecule has 29 heavy (non-hydrogen) atoms. The summed E-state index contributed by atoms with van der Waals surface area (Å²) in [5.41, 5.74) is 2.08. The Bertz CT molecular complexity index is 942. The largest absolute Gasteiger partial charge is 0.493 e. The Labute approximate surface area is 170 Å². The van der Waals surface area contributed by atoms with Gasteiger partial charge >= 0.3 is 0 Å². The number of piperidine rings is 1. The summed E-state index contributed by atoms with van der Waals surface area (Å²) in [6.45, 7) is 2.88. The van der Waals surface area contributed by atoms with E-state index < -0.39 is 5.92 Å². The van der Waals surface area contributed by atoms with Crippen molar-refractivity contribution in [3.63, 3.8) is 0 Å². The molecule has 6 nitrogen and oxygen atoms in total. The maximum Gasteiger partial charge on any atom is 0.254 e. The Morgan fingerprint density at radius 2 is 1.86 bits per heavy atom. The normalized spacial score (nSPS) is 23.1. The van der Waals surface area contributed by atoms with Gasteiger partial charge in [-0.05, 0) is 42.5 Å². The van der Waals surface area contributed by atoms with Crippen LogP contribution in [0.5, 0.6) is 11.5 Å². The molecule has 0 aromatic heterocycles. The zero-order valence-corrected chi connectivity index (χ0v) is 17.0. The lowest BCUT2D eigenvalue weighted by Gasteiger charge is -2.46. The molecule has 0 unspecified atom stereocenters. The van der Waals surface area contributed by atoms with Gasteiger partial charge in [0.05, 0.1) is 20.1 Å². The molecule has 6 heteroatoms. The molecule has 4 rings (SSSR count). The van der Waals surface area contributed by atoms with E-state index in [0.717, 1.165) is 18.4 Å². The first-order valence-corrected chi connectivity index (χ1v) is 9.96. The fourth-order valence-electron chi connectivity index (χ4n) is 4.53. The maximum atomic E-state index is 13.4. The van der Waals surface area contributed by atoms with Crippen LogP contribution in [0.25, 0.3) is 0 Å². The minimum absolute atomic E-state index is 0.0349. The number of fused-ring (bicyclic) bond motifs is 2. The van der Waals surface area contributed by atoms with Gasteiger partial charge in [-0.3, -0.25) is 9.59 Å². The van der Waals surface area contributed by atoms with Crippen LogP contribution in [-0.2, 0) is 4.79 Å². The Kier molecular flexibility index (Phi) is 5.18. The number of carbonyl (C=O) groups excluding carboxylic acids is 2. The summed E-state index contributed by atoms with van der Waals surface area (Å²) < 4.78 is 10.6. The lowest BCUT2D eigenvalue weighted by atomic mass is 9.76. The zero-order valence-electron chi connectivity index (χ0n) is 17.0. The fraction of sp³-hybridized carbons (Fsp3) is 0.391. The van der Waals surface area contributed by atoms with Crippen LogP contribution in [-0.4, -0.2) is 43.5 Å². The molecule has 0 saturated carbocycles. The van der Waals surface area contributed by atoms with Crippen molar-refractivity contribution < 1.29 is 19.1 Å². The molecule has 2 aliphatic rings. The monoisotopic (exact) mass is 394 g/mol. The van der Waals surface area contributed by atoms with Crippen molar-refractivity contribution in [1.82, 2.24) is 4.90 Å². The van der Waals surface area contributed by atoms with Gasteiger partial charge in [-0.1, -0.05) is 25.1 Å². The molecule has 2 aromatic carbocycles. The minimum atomic E-state index is -0.403. The van der Waals surface area contributed by atoms with E-state index in [-0.39, 0.29) is 17.9 Å². The summed E-state index contributed by atoms with van der Waals surface area (Å²) in [4.78, 5) is 28.3. The SMILES string of the molecule is COc1ccc(NC(=O)[C@@H]2c3ccccc3C(=O)N3CC[C@H](C)C[C@@H]23)cc1OC. The molecule has 2 amide bonds. The van der Waals surface area contributed by atoms with Crippen LogP contribution in [0, 0.1) is 5.92 Å². The lowest BCUT2D eigenvalue weighted by molar-refractivity contribution is -0.119. The number of nitrogens with one attached hydrogen (secondary N) is 1. The number of ether oxygens (including phenoxy) is 2. The van der Waals surface area contributed by atoms with Crippen LogP contribution in [0.1, 0.15) is 41.6 Å². The van der Waals surface area contributed by atoms with Gasteiger partial charge in [0.2, 0.25) is 5.91 Å². The van der Waals surface area contributed by atoms with Gasteiger partial charge in [-0.2, -0.15) is 0 Å². The van der Waals surface area contributed by atoms with E-state index >= 15 is 0 Å². The van der Waals surface area contributed by atoms with E-state index in [1.807, 2.05) is 29.2 Å². The van der Waals surface area contributed by atoms with Crippen molar-refractivity contribution in [2.24, 2.45) is 5.92 Å². The fourth-order valence-corrected chi connectivity index (χ4v) is 4.53. The predicted octanol–water partition coefficient (Wildman–Crippen LogP) is 3.68. The highest BCUT2D eigenvalue weighted by Gasteiger charge is 2.45. The number of benzene rings is 2. The van der Waals surface area contributed by atoms with Gasteiger partial charge in [0.15, 0.2) is 11.5 Å². The van der Waals surface area contributed by atoms with Crippen LogP contribution in [0.4, 0.5) is 5.69 Å². The topological polar surface area (TPSA) is 67.9 Å². The molecule has 0 aliphatic carbocycles. The van der Waals surface area contributed by atoms with E-state index in [1.54, 1.807) is 32.4 Å². The van der Waals surface area contributed by atoms with Crippen molar-refractivity contribution in [3.8, 4) is 11.5 Å². The quantitative estimate of drug-likeness (QED) is 0.859. The Morgan fingerprint density at radius 3 is 2.62 bits per heavy atom. The third-order valence-corrected chi connectivity index (χ3v) is 6.01. The first-order chi connectivity index (χ1) is 14.0. The average Bonchev–Trinajstić information content (AvgIpc) is 2.73. The number of methoxy groups -OCH3 is 2. The van der Waals surface area contributed by atoms with E-state index in [4.69, 9.17) is 9.47 Å². The Morgan fingerprint density at radius 1 is 1.10 bits per heavy atom. The first-order valence-electron chi connectivity index (χ1n) is 9.96. The summed E-state index contributed by atoms with van der Waals surface area (Å²) in [5.74, 6) is 1.16. The van der Waals surface area contributed by atoms with Gasteiger partial charge in [0.1, 0.15) is 0 Å². The van der Waals surface area contributed by atoms with Gasteiger partial charge in [-0.15, -0.1) is 0 Å². The first kappa shape index (κ1) is 19.3. The molecule has 2 heterocycles. The van der Waals surface area contributed by atoms with E-state index in [9.17, 15) is 9.59 Å². The summed E-state index contributed by atoms with van der Waals surface area (Å²) in [6.07, 6.45) is 1.79. The van der Waals surface area contributed by atoms with Crippen molar-refractivity contribution in [1.29, 1.82) is 0 Å². The molecular formula is C23H26N2O4. The van der Waals surface area contributed by atoms with Crippen molar-refractivity contribution >= 4 is 17.5 Å². The number of carbonyl (C=O) groups is 2. The second-order valence-electron chi connectivity index (χ2n) is 7.82. The molecule has 2 aromatic rings. The Balaban J connectivity index is 1.69.